The van der Waals surface area contributed by atoms with E-state index < -0.39 is 0 Å². The molecule has 4 heterocycles. The van der Waals surface area contributed by atoms with Crippen LogP contribution in [0.4, 0.5) is 11.5 Å². The molecule has 3 aliphatic rings. The predicted octanol–water partition coefficient (Wildman–Crippen LogP) is 3.17. The second-order valence-corrected chi connectivity index (χ2v) is 10.1. The van der Waals surface area contributed by atoms with E-state index in [0.717, 1.165) is 66.4 Å². The van der Waals surface area contributed by atoms with Crippen molar-refractivity contribution >= 4 is 11.5 Å². The van der Waals surface area contributed by atoms with Gasteiger partial charge in [0.2, 0.25) is 0 Å². The normalized spacial score (nSPS) is 20.5. The van der Waals surface area contributed by atoms with E-state index in [1.807, 2.05) is 19.1 Å². The number of rotatable bonds is 3. The summed E-state index contributed by atoms with van der Waals surface area (Å²) in [4.78, 5) is 7.41. The zero-order valence-corrected chi connectivity index (χ0v) is 19.3. The fraction of sp³-hybridized carbons (Fsp3) is 0.520. The Morgan fingerprint density at radius 1 is 1.28 bits per heavy atom. The number of ether oxygens (including phenoxy) is 2. The molecule has 2 saturated heterocycles. The third-order valence-corrected chi connectivity index (χ3v) is 7.30. The molecule has 1 aromatic heterocycles. The van der Waals surface area contributed by atoms with Gasteiger partial charge in [0.1, 0.15) is 23.2 Å². The number of aryl methyl sites for hydroxylation is 1. The fourth-order valence-corrected chi connectivity index (χ4v) is 5.39. The number of nitrogens with two attached hydrogens (primary N) is 1. The molecule has 1 aromatic carbocycles. The van der Waals surface area contributed by atoms with Crippen LogP contribution in [0.25, 0.3) is 11.1 Å². The third kappa shape index (κ3) is 3.21. The second kappa shape index (κ2) is 7.36. The van der Waals surface area contributed by atoms with Gasteiger partial charge in [0, 0.05) is 54.7 Å². The van der Waals surface area contributed by atoms with Crippen LogP contribution >= 0.6 is 0 Å². The van der Waals surface area contributed by atoms with E-state index >= 15 is 0 Å². The highest BCUT2D eigenvalue weighted by molar-refractivity contribution is 5.90. The molecule has 7 heteroatoms. The topological polar surface area (TPSA) is 96.4 Å². The Balaban J connectivity index is 1.75. The molecule has 3 N–H and O–H groups in total. The number of pyridine rings is 1. The molecule has 3 aliphatic heterocycles. The van der Waals surface area contributed by atoms with E-state index in [1.165, 1.54) is 0 Å². The highest BCUT2D eigenvalue weighted by Crippen LogP contribution is 2.46. The summed E-state index contributed by atoms with van der Waals surface area (Å²) in [7, 11) is 1.62. The van der Waals surface area contributed by atoms with E-state index in [4.69, 9.17) is 20.2 Å². The van der Waals surface area contributed by atoms with Crippen LogP contribution in [0.3, 0.4) is 0 Å². The number of nitrogens with zero attached hydrogens (tertiary/aromatic N) is 3. The average Bonchev–Trinajstić information content (AvgIpc) is 3.19. The van der Waals surface area contributed by atoms with Crippen molar-refractivity contribution in [3.8, 4) is 22.9 Å². The number of nitriles is 1. The monoisotopic (exact) mass is 433 g/mol. The fourth-order valence-electron chi connectivity index (χ4n) is 5.39. The number of methoxy groups -OCH3 is 1. The number of aromatic nitrogens is 1. The van der Waals surface area contributed by atoms with Crippen molar-refractivity contribution in [2.45, 2.75) is 45.8 Å². The summed E-state index contributed by atoms with van der Waals surface area (Å²) >= 11 is 0. The molecule has 0 aliphatic carbocycles. The molecule has 7 nitrogen and oxygen atoms in total. The number of hydrogen-bond acceptors (Lipinski definition) is 7. The predicted molar refractivity (Wildman–Crippen MR) is 125 cm³/mol. The van der Waals surface area contributed by atoms with E-state index in [1.54, 1.807) is 7.11 Å². The van der Waals surface area contributed by atoms with E-state index in [-0.39, 0.29) is 5.60 Å². The van der Waals surface area contributed by atoms with Crippen molar-refractivity contribution in [1.29, 1.82) is 5.26 Å². The molecule has 0 unspecified atom stereocenters. The highest BCUT2D eigenvalue weighted by atomic mass is 16.5. The lowest BCUT2D eigenvalue weighted by molar-refractivity contribution is -0.0410. The average molecular weight is 434 g/mol. The van der Waals surface area contributed by atoms with Crippen LogP contribution in [0.15, 0.2) is 12.1 Å². The Hall–Kier alpha value is -2.82. The third-order valence-electron chi connectivity index (χ3n) is 7.30. The Morgan fingerprint density at radius 2 is 2.06 bits per heavy atom. The van der Waals surface area contributed by atoms with Crippen molar-refractivity contribution in [2.75, 3.05) is 43.9 Å². The number of anilines is 2. The van der Waals surface area contributed by atoms with E-state index in [0.29, 0.717) is 35.4 Å². The largest absolute Gasteiger partial charge is 0.495 e. The maximum atomic E-state index is 10.4. The lowest BCUT2D eigenvalue weighted by Crippen LogP contribution is -2.54. The first-order valence-corrected chi connectivity index (χ1v) is 11.3. The first kappa shape index (κ1) is 21.0. The summed E-state index contributed by atoms with van der Waals surface area (Å²) in [5, 5.41) is 13.8. The first-order chi connectivity index (χ1) is 15.3. The maximum absolute atomic E-state index is 10.4. The van der Waals surface area contributed by atoms with Crippen molar-refractivity contribution in [3.63, 3.8) is 0 Å². The Morgan fingerprint density at radius 3 is 2.69 bits per heavy atom. The van der Waals surface area contributed by atoms with Crippen LogP contribution in [-0.4, -0.2) is 43.9 Å². The molecule has 2 aromatic rings. The van der Waals surface area contributed by atoms with Crippen molar-refractivity contribution in [1.82, 2.24) is 10.3 Å². The molecular weight excluding hydrogens is 402 g/mol. The summed E-state index contributed by atoms with van der Waals surface area (Å²) in [6, 6.07) is 6.37. The van der Waals surface area contributed by atoms with Gasteiger partial charge in [-0.25, -0.2) is 4.98 Å². The molecule has 0 amide bonds. The number of nitrogen functional groups attached to an aromatic ring is 1. The molecular formula is C25H31N5O2. The molecule has 1 spiro atoms. The van der Waals surface area contributed by atoms with Crippen LogP contribution in [0, 0.1) is 23.7 Å². The number of hydrogen-bond donors (Lipinski definition) is 2. The molecule has 0 bridgehead atoms. The van der Waals surface area contributed by atoms with Crippen molar-refractivity contribution in [2.24, 2.45) is 5.41 Å². The van der Waals surface area contributed by atoms with Gasteiger partial charge in [0.05, 0.1) is 30.7 Å². The summed E-state index contributed by atoms with van der Waals surface area (Å²) < 4.78 is 11.7. The zero-order chi connectivity index (χ0) is 22.7. The van der Waals surface area contributed by atoms with Gasteiger partial charge in [0.25, 0.3) is 0 Å². The van der Waals surface area contributed by atoms with Gasteiger partial charge in [-0.05, 0) is 38.8 Å². The van der Waals surface area contributed by atoms with Crippen LogP contribution in [-0.2, 0) is 17.8 Å². The van der Waals surface area contributed by atoms with Crippen LogP contribution in [0.1, 0.15) is 42.7 Å². The molecule has 0 atom stereocenters. The SMILES string of the molecule is COc1ccc(C)c(-c2c(C#N)c(N3CCC4(CNC4)C3)nc3c2COC(C)(C)C3)c1N. The van der Waals surface area contributed by atoms with Gasteiger partial charge < -0.3 is 25.4 Å². The van der Waals surface area contributed by atoms with Gasteiger partial charge in [-0.2, -0.15) is 5.26 Å². The minimum atomic E-state index is -0.304. The van der Waals surface area contributed by atoms with Gasteiger partial charge in [0.15, 0.2) is 0 Å². The minimum absolute atomic E-state index is 0.303. The Kier molecular flexibility index (Phi) is 4.84. The van der Waals surface area contributed by atoms with Gasteiger partial charge in [-0.3, -0.25) is 0 Å². The quantitative estimate of drug-likeness (QED) is 0.718. The first-order valence-electron chi connectivity index (χ1n) is 11.3. The molecule has 32 heavy (non-hydrogen) atoms. The van der Waals surface area contributed by atoms with E-state index in [9.17, 15) is 5.26 Å². The lowest BCUT2D eigenvalue weighted by Gasteiger charge is -2.39. The maximum Gasteiger partial charge on any atom is 0.147 e. The second-order valence-electron chi connectivity index (χ2n) is 10.1. The van der Waals surface area contributed by atoms with Crippen molar-refractivity contribution < 1.29 is 9.47 Å². The number of fused-ring (bicyclic) bond motifs is 1. The summed E-state index contributed by atoms with van der Waals surface area (Å²) in [5.41, 5.74) is 12.4. The summed E-state index contributed by atoms with van der Waals surface area (Å²) in [5.74, 6) is 1.39. The summed E-state index contributed by atoms with van der Waals surface area (Å²) in [6.45, 7) is 10.5. The Labute approximate surface area is 189 Å². The van der Waals surface area contributed by atoms with E-state index in [2.05, 4.69) is 30.1 Å². The lowest BCUT2D eigenvalue weighted by atomic mass is 9.81. The number of benzene rings is 1. The van der Waals surface area contributed by atoms with Gasteiger partial charge in [-0.1, -0.05) is 6.07 Å². The zero-order valence-electron chi connectivity index (χ0n) is 19.3. The van der Waals surface area contributed by atoms with Crippen LogP contribution in [0.5, 0.6) is 5.75 Å². The van der Waals surface area contributed by atoms with Gasteiger partial charge >= 0.3 is 0 Å². The van der Waals surface area contributed by atoms with Crippen LogP contribution in [0.2, 0.25) is 0 Å². The summed E-state index contributed by atoms with van der Waals surface area (Å²) in [6.07, 6.45) is 1.81. The van der Waals surface area contributed by atoms with Gasteiger partial charge in [-0.15, -0.1) is 0 Å². The molecule has 0 radical (unpaired) electrons. The molecule has 2 fully saturated rings. The molecule has 5 rings (SSSR count). The van der Waals surface area contributed by atoms with Crippen LogP contribution < -0.4 is 20.7 Å². The minimum Gasteiger partial charge on any atom is -0.495 e. The Bertz CT molecular complexity index is 1130. The van der Waals surface area contributed by atoms with Crippen molar-refractivity contribution in [3.05, 3.63) is 34.5 Å². The molecule has 168 valence electrons. The molecule has 0 saturated carbocycles. The number of nitrogens with one attached hydrogen (secondary N) is 1. The highest BCUT2D eigenvalue weighted by Gasteiger charge is 2.44. The standard InChI is InChI=1S/C25H31N5O2/c1-15-5-6-19(31-4)22(27)20(15)21-16(10-26)23(30-8-7-25(14-30)12-28-13-25)29-18-9-24(2,3)32-11-17(18)21/h5-6,28H,7-9,11-14,27H2,1-4H3. The smallest absolute Gasteiger partial charge is 0.147 e.